The number of phenolic OH excluding ortho intramolecular Hbond substituents is 1. The van der Waals surface area contributed by atoms with E-state index in [2.05, 4.69) is 20.5 Å². The molecule has 0 saturated carbocycles. The van der Waals surface area contributed by atoms with Crippen LogP contribution in [0.25, 0.3) is 22.3 Å². The van der Waals surface area contributed by atoms with Gasteiger partial charge in [0.05, 0.1) is 22.2 Å². The molecule has 0 unspecified atom stereocenters. The lowest BCUT2D eigenvalue weighted by atomic mass is 9.97. The fourth-order valence-electron chi connectivity index (χ4n) is 3.70. The smallest absolute Gasteiger partial charge is 0.255 e. The fraction of sp³-hybridized carbons (Fsp3) is 0.350. The van der Waals surface area contributed by atoms with E-state index in [0.717, 1.165) is 11.8 Å². The predicted octanol–water partition coefficient (Wildman–Crippen LogP) is 2.60. The number of hydrogen-bond acceptors (Lipinski definition) is 5. The average Bonchev–Trinajstić information content (AvgIpc) is 3.01. The highest BCUT2D eigenvalue weighted by Gasteiger charge is 2.35. The molecule has 3 heterocycles. The fourth-order valence-corrected chi connectivity index (χ4v) is 3.70. The van der Waals surface area contributed by atoms with Crippen LogP contribution >= 0.6 is 0 Å². The zero-order chi connectivity index (χ0) is 20.1. The molecule has 8 heteroatoms. The minimum atomic E-state index is -0.611. The van der Waals surface area contributed by atoms with E-state index in [9.17, 15) is 14.3 Å². The molecule has 1 saturated heterocycles. The Balaban J connectivity index is 1.89. The first kappa shape index (κ1) is 18.4. The van der Waals surface area contributed by atoms with Gasteiger partial charge in [-0.1, -0.05) is 0 Å². The number of aromatic amines is 1. The van der Waals surface area contributed by atoms with Crippen molar-refractivity contribution in [1.29, 1.82) is 0 Å². The Morgan fingerprint density at radius 1 is 1.32 bits per heavy atom. The zero-order valence-corrected chi connectivity index (χ0v) is 16.0. The van der Waals surface area contributed by atoms with Gasteiger partial charge in [-0.3, -0.25) is 9.89 Å². The van der Waals surface area contributed by atoms with E-state index in [1.54, 1.807) is 6.07 Å². The molecule has 1 aliphatic rings. The van der Waals surface area contributed by atoms with E-state index in [-0.39, 0.29) is 22.8 Å². The molecule has 3 aromatic rings. The molecule has 1 aliphatic heterocycles. The van der Waals surface area contributed by atoms with Crippen molar-refractivity contribution in [3.63, 3.8) is 0 Å². The van der Waals surface area contributed by atoms with Crippen LogP contribution in [0.4, 0.5) is 4.39 Å². The summed E-state index contributed by atoms with van der Waals surface area (Å²) in [4.78, 5) is 19.8. The van der Waals surface area contributed by atoms with E-state index >= 15 is 0 Å². The van der Waals surface area contributed by atoms with Gasteiger partial charge in [-0.2, -0.15) is 5.10 Å². The molecule has 0 aliphatic carbocycles. The highest BCUT2D eigenvalue weighted by molar-refractivity contribution is 6.07. The Hall–Kier alpha value is -3.00. The van der Waals surface area contributed by atoms with Crippen molar-refractivity contribution >= 4 is 16.9 Å². The van der Waals surface area contributed by atoms with Crippen molar-refractivity contribution in [2.24, 2.45) is 0 Å². The van der Waals surface area contributed by atoms with Gasteiger partial charge >= 0.3 is 0 Å². The van der Waals surface area contributed by atoms with Gasteiger partial charge in [0, 0.05) is 37.0 Å². The number of fused-ring (bicyclic) bond motifs is 1. The SMILES string of the molecule is Cc1[nH]nc2nc(-c3ccc(O)cc3F)cc(C(=O)N3CCNCC3(C)C)c12. The topological polar surface area (TPSA) is 94.1 Å². The normalized spacial score (nSPS) is 16.5. The maximum Gasteiger partial charge on any atom is 0.255 e. The van der Waals surface area contributed by atoms with Crippen molar-refractivity contribution < 1.29 is 14.3 Å². The van der Waals surface area contributed by atoms with Gasteiger partial charge in [-0.05, 0) is 39.0 Å². The van der Waals surface area contributed by atoms with Crippen LogP contribution in [-0.2, 0) is 0 Å². The van der Waals surface area contributed by atoms with Crippen LogP contribution in [0, 0.1) is 12.7 Å². The van der Waals surface area contributed by atoms with Crippen LogP contribution in [0.15, 0.2) is 24.3 Å². The quantitative estimate of drug-likeness (QED) is 0.632. The van der Waals surface area contributed by atoms with E-state index in [1.165, 1.54) is 12.1 Å². The third-order valence-corrected chi connectivity index (χ3v) is 5.21. The number of aryl methyl sites for hydroxylation is 1. The molecule has 7 nitrogen and oxygen atoms in total. The third kappa shape index (κ3) is 2.99. The molecule has 1 fully saturated rings. The number of rotatable bonds is 2. The summed E-state index contributed by atoms with van der Waals surface area (Å²) in [7, 11) is 0. The summed E-state index contributed by atoms with van der Waals surface area (Å²) in [5.74, 6) is -0.916. The van der Waals surface area contributed by atoms with Crippen molar-refractivity contribution in [1.82, 2.24) is 25.4 Å². The second kappa shape index (κ2) is 6.56. The number of pyridine rings is 1. The maximum atomic E-state index is 14.4. The number of benzene rings is 1. The average molecular weight is 383 g/mol. The molecule has 0 bridgehead atoms. The molecule has 2 aromatic heterocycles. The number of aromatic nitrogens is 3. The molecule has 4 rings (SSSR count). The van der Waals surface area contributed by atoms with Crippen molar-refractivity contribution in [3.05, 3.63) is 41.3 Å². The van der Waals surface area contributed by atoms with E-state index < -0.39 is 5.82 Å². The lowest BCUT2D eigenvalue weighted by molar-refractivity contribution is 0.0479. The molecule has 28 heavy (non-hydrogen) atoms. The Morgan fingerprint density at radius 3 is 2.82 bits per heavy atom. The first-order chi connectivity index (χ1) is 13.3. The number of phenols is 1. The van der Waals surface area contributed by atoms with Crippen LogP contribution in [0.1, 0.15) is 29.9 Å². The van der Waals surface area contributed by atoms with Gasteiger partial charge in [0.25, 0.3) is 5.91 Å². The number of halogens is 1. The van der Waals surface area contributed by atoms with Gasteiger partial charge in [-0.25, -0.2) is 9.37 Å². The summed E-state index contributed by atoms with van der Waals surface area (Å²) in [5, 5.41) is 20.5. The summed E-state index contributed by atoms with van der Waals surface area (Å²) >= 11 is 0. The third-order valence-electron chi connectivity index (χ3n) is 5.21. The van der Waals surface area contributed by atoms with Crippen LogP contribution in [0.5, 0.6) is 5.75 Å². The number of nitrogens with zero attached hydrogens (tertiary/aromatic N) is 3. The molecule has 3 N–H and O–H groups in total. The number of piperazine rings is 1. The number of H-pyrrole nitrogens is 1. The number of carbonyl (C=O) groups is 1. The lowest BCUT2D eigenvalue weighted by Crippen LogP contribution is -2.59. The van der Waals surface area contributed by atoms with E-state index in [1.807, 2.05) is 25.7 Å². The van der Waals surface area contributed by atoms with Crippen LogP contribution in [0.2, 0.25) is 0 Å². The monoisotopic (exact) mass is 383 g/mol. The standard InChI is InChI=1S/C20H22FN5O2/c1-11-17-14(19(28)26-7-6-22-10-20(26,2)3)9-16(23-18(17)25-24-11)13-5-4-12(27)8-15(13)21/h4-5,8-9,22,27H,6-7,10H2,1-3H3,(H,23,24,25). The Kier molecular flexibility index (Phi) is 4.30. The number of hydrogen-bond donors (Lipinski definition) is 3. The number of amides is 1. The predicted molar refractivity (Wildman–Crippen MR) is 104 cm³/mol. The van der Waals surface area contributed by atoms with E-state index in [0.29, 0.717) is 41.9 Å². The summed E-state index contributed by atoms with van der Waals surface area (Å²) in [6.45, 7) is 7.84. The van der Waals surface area contributed by atoms with Gasteiger partial charge in [0.1, 0.15) is 11.6 Å². The van der Waals surface area contributed by atoms with Crippen molar-refractivity contribution in [3.8, 4) is 17.0 Å². The first-order valence-corrected chi connectivity index (χ1v) is 9.15. The summed E-state index contributed by atoms with van der Waals surface area (Å²) in [6.07, 6.45) is 0. The van der Waals surface area contributed by atoms with E-state index in [4.69, 9.17) is 0 Å². The molecule has 1 amide bonds. The Bertz CT molecular complexity index is 1080. The van der Waals surface area contributed by atoms with Crippen LogP contribution in [-0.4, -0.2) is 56.3 Å². The van der Waals surface area contributed by atoms with Crippen molar-refractivity contribution in [2.75, 3.05) is 19.6 Å². The molecule has 146 valence electrons. The number of nitrogens with one attached hydrogen (secondary N) is 2. The second-order valence-electron chi connectivity index (χ2n) is 7.71. The Morgan fingerprint density at radius 2 is 2.11 bits per heavy atom. The molecule has 0 spiro atoms. The largest absolute Gasteiger partial charge is 0.508 e. The van der Waals surface area contributed by atoms with Gasteiger partial charge < -0.3 is 15.3 Å². The Labute approximate surface area is 161 Å². The van der Waals surface area contributed by atoms with Crippen molar-refractivity contribution in [2.45, 2.75) is 26.3 Å². The molecule has 0 atom stereocenters. The second-order valence-corrected chi connectivity index (χ2v) is 7.71. The highest BCUT2D eigenvalue weighted by atomic mass is 19.1. The summed E-state index contributed by atoms with van der Waals surface area (Å²) in [5.41, 5.74) is 1.68. The first-order valence-electron chi connectivity index (χ1n) is 9.15. The van der Waals surface area contributed by atoms with Gasteiger partial charge in [0.15, 0.2) is 5.65 Å². The number of aromatic hydroxyl groups is 1. The molecule has 1 aromatic carbocycles. The van der Waals surface area contributed by atoms with Crippen LogP contribution in [0.3, 0.4) is 0 Å². The molecular weight excluding hydrogens is 361 g/mol. The molecule has 0 radical (unpaired) electrons. The minimum Gasteiger partial charge on any atom is -0.508 e. The lowest BCUT2D eigenvalue weighted by Gasteiger charge is -2.43. The molecular formula is C20H22FN5O2. The zero-order valence-electron chi connectivity index (χ0n) is 16.0. The summed E-state index contributed by atoms with van der Waals surface area (Å²) < 4.78 is 14.4. The summed E-state index contributed by atoms with van der Waals surface area (Å²) in [6, 6.07) is 5.47. The van der Waals surface area contributed by atoms with Crippen LogP contribution < -0.4 is 5.32 Å². The minimum absolute atomic E-state index is 0.135. The van der Waals surface area contributed by atoms with Gasteiger partial charge in [0.2, 0.25) is 0 Å². The maximum absolute atomic E-state index is 14.4. The highest BCUT2D eigenvalue weighted by Crippen LogP contribution is 2.31. The number of carbonyl (C=O) groups excluding carboxylic acids is 1. The van der Waals surface area contributed by atoms with Gasteiger partial charge in [-0.15, -0.1) is 0 Å².